The van der Waals surface area contributed by atoms with Crippen molar-refractivity contribution < 1.29 is 4.42 Å². The smallest absolute Gasteiger partial charge is 0.160 e. The summed E-state index contributed by atoms with van der Waals surface area (Å²) >= 11 is 0. The Morgan fingerprint density at radius 2 is 1.36 bits per heavy atom. The summed E-state index contributed by atoms with van der Waals surface area (Å²) in [7, 11) is 0. The molecule has 3 aromatic heterocycles. The van der Waals surface area contributed by atoms with E-state index in [0.29, 0.717) is 0 Å². The zero-order valence-electron chi connectivity index (χ0n) is 19.8. The number of rotatable bonds is 3. The van der Waals surface area contributed by atoms with Crippen molar-refractivity contribution in [2.24, 2.45) is 0 Å². The fourth-order valence-corrected chi connectivity index (χ4v) is 5.02. The Bertz CT molecular complexity index is 1900. The van der Waals surface area contributed by atoms with Crippen molar-refractivity contribution in [2.75, 3.05) is 0 Å². The molecule has 3 heterocycles. The third-order valence-corrected chi connectivity index (χ3v) is 6.84. The lowest BCUT2D eigenvalue weighted by atomic mass is 9.96. The third kappa shape index (κ3) is 3.45. The lowest BCUT2D eigenvalue weighted by molar-refractivity contribution is 0.618. The van der Waals surface area contributed by atoms with Gasteiger partial charge in [0.2, 0.25) is 0 Å². The summed E-state index contributed by atoms with van der Waals surface area (Å²) < 4.78 is 5.75. The van der Waals surface area contributed by atoms with Crippen molar-refractivity contribution in [3.63, 3.8) is 0 Å². The first kappa shape index (κ1) is 20.6. The van der Waals surface area contributed by atoms with Gasteiger partial charge in [0.15, 0.2) is 5.58 Å². The van der Waals surface area contributed by atoms with Crippen molar-refractivity contribution >= 4 is 32.6 Å². The van der Waals surface area contributed by atoms with Crippen molar-refractivity contribution in [1.82, 2.24) is 9.97 Å². The Morgan fingerprint density at radius 3 is 2.17 bits per heavy atom. The monoisotopic (exact) mass is 462 g/mol. The third-order valence-electron chi connectivity index (χ3n) is 6.84. The minimum Gasteiger partial charge on any atom is -0.462 e. The molecule has 0 N–H and O–H groups in total. The van der Waals surface area contributed by atoms with Gasteiger partial charge in [0.1, 0.15) is 5.52 Å². The average Bonchev–Trinajstić information content (AvgIpc) is 3.41. The lowest BCUT2D eigenvalue weighted by Crippen LogP contribution is -1.90. The van der Waals surface area contributed by atoms with Crippen LogP contribution in [0.3, 0.4) is 0 Å². The second-order valence-corrected chi connectivity index (χ2v) is 9.24. The molecule has 0 spiro atoms. The van der Waals surface area contributed by atoms with E-state index < -0.39 is 0 Å². The summed E-state index contributed by atoms with van der Waals surface area (Å²) in [5.41, 5.74) is 9.53. The maximum atomic E-state index is 5.75. The van der Waals surface area contributed by atoms with Crippen molar-refractivity contribution in [3.8, 4) is 33.5 Å². The first-order chi connectivity index (χ1) is 17.7. The Labute approximate surface area is 208 Å². The van der Waals surface area contributed by atoms with Crippen molar-refractivity contribution in [1.29, 1.82) is 0 Å². The van der Waals surface area contributed by atoms with Crippen molar-refractivity contribution in [2.45, 2.75) is 6.92 Å². The molecule has 7 aromatic rings. The van der Waals surface area contributed by atoms with Gasteiger partial charge in [-0.1, -0.05) is 54.6 Å². The fourth-order valence-electron chi connectivity index (χ4n) is 5.02. The van der Waals surface area contributed by atoms with E-state index >= 15 is 0 Å². The van der Waals surface area contributed by atoms with E-state index in [2.05, 4.69) is 96.8 Å². The first-order valence-electron chi connectivity index (χ1n) is 12.1. The van der Waals surface area contributed by atoms with Crippen molar-refractivity contribution in [3.05, 3.63) is 121 Å². The van der Waals surface area contributed by atoms with E-state index in [0.717, 1.165) is 44.3 Å². The highest BCUT2D eigenvalue weighted by Gasteiger charge is 2.14. The second-order valence-electron chi connectivity index (χ2n) is 9.24. The number of furan rings is 1. The molecule has 0 aliphatic carbocycles. The molecule has 0 amide bonds. The topological polar surface area (TPSA) is 38.9 Å². The number of nitrogens with zero attached hydrogens (tertiary/aromatic N) is 2. The van der Waals surface area contributed by atoms with Gasteiger partial charge in [-0.25, -0.2) is 0 Å². The van der Waals surface area contributed by atoms with Crippen LogP contribution in [-0.4, -0.2) is 9.97 Å². The van der Waals surface area contributed by atoms with E-state index in [-0.39, 0.29) is 0 Å². The largest absolute Gasteiger partial charge is 0.462 e. The summed E-state index contributed by atoms with van der Waals surface area (Å²) in [5, 5.41) is 4.53. The molecule has 3 heteroatoms. The number of aryl methyl sites for hydroxylation is 1. The highest BCUT2D eigenvalue weighted by Crippen LogP contribution is 2.36. The number of hydrogen-bond acceptors (Lipinski definition) is 3. The van der Waals surface area contributed by atoms with Crippen LogP contribution in [0.15, 0.2) is 120 Å². The summed E-state index contributed by atoms with van der Waals surface area (Å²) in [6, 6.07) is 34.4. The maximum Gasteiger partial charge on any atom is 0.160 e. The highest BCUT2D eigenvalue weighted by molar-refractivity contribution is 6.09. The molecule has 0 bridgehead atoms. The van der Waals surface area contributed by atoms with Crippen LogP contribution in [-0.2, 0) is 0 Å². The van der Waals surface area contributed by atoms with Gasteiger partial charge in [-0.05, 0) is 88.0 Å². The van der Waals surface area contributed by atoms with Gasteiger partial charge < -0.3 is 4.42 Å². The predicted octanol–water partition coefficient (Wildman–Crippen LogP) is 8.84. The van der Waals surface area contributed by atoms with Gasteiger partial charge in [-0.2, -0.15) is 0 Å². The molecule has 0 saturated carbocycles. The van der Waals surface area contributed by atoms with Gasteiger partial charge in [-0.3, -0.25) is 9.97 Å². The summed E-state index contributed by atoms with van der Waals surface area (Å²) in [6.45, 7) is 2.06. The number of hydrogen-bond donors (Lipinski definition) is 0. The minimum absolute atomic E-state index is 0.814. The standard InChI is InChI=1S/C33H22N2O/c1-21-15-30-29(18-28-12-14-36-33(28)32(30)35-20-21)31-19-27(11-13-34-31)26-10-9-24-16-23(7-8-25(24)17-26)22-5-3-2-4-6-22/h2-20H,1H3. The summed E-state index contributed by atoms with van der Waals surface area (Å²) in [4.78, 5) is 9.44. The number of pyridine rings is 2. The highest BCUT2D eigenvalue weighted by atomic mass is 16.3. The van der Waals surface area contributed by atoms with E-state index in [9.17, 15) is 0 Å². The molecule has 0 aliphatic rings. The Morgan fingerprint density at radius 1 is 0.611 bits per heavy atom. The molecular formula is C33H22N2O. The van der Waals surface area contributed by atoms with Crippen LogP contribution in [0.5, 0.6) is 0 Å². The maximum absolute atomic E-state index is 5.75. The van der Waals surface area contributed by atoms with Gasteiger partial charge in [0.25, 0.3) is 0 Å². The molecule has 0 radical (unpaired) electrons. The van der Waals surface area contributed by atoms with Crippen LogP contribution >= 0.6 is 0 Å². The summed E-state index contributed by atoms with van der Waals surface area (Å²) in [5.74, 6) is 0. The molecule has 0 saturated heterocycles. The van der Waals surface area contributed by atoms with Gasteiger partial charge in [0.05, 0.1) is 12.0 Å². The zero-order chi connectivity index (χ0) is 24.1. The number of fused-ring (bicyclic) bond motifs is 4. The van der Waals surface area contributed by atoms with Crippen LogP contribution in [0, 0.1) is 6.92 Å². The lowest BCUT2D eigenvalue weighted by Gasteiger charge is -2.10. The number of aromatic nitrogens is 2. The molecular weight excluding hydrogens is 440 g/mol. The molecule has 0 fully saturated rings. The van der Waals surface area contributed by atoms with Crippen LogP contribution in [0.25, 0.3) is 66.2 Å². The Balaban J connectivity index is 1.34. The SMILES string of the molecule is Cc1cnc2c(c1)c(-c1cc(-c3ccc4cc(-c5ccccc5)ccc4c3)ccn1)cc1ccoc12. The molecule has 7 rings (SSSR count). The van der Waals surface area contributed by atoms with E-state index in [1.165, 1.54) is 27.5 Å². The van der Waals surface area contributed by atoms with E-state index in [1.807, 2.05) is 24.5 Å². The number of benzene rings is 4. The molecule has 3 nitrogen and oxygen atoms in total. The van der Waals surface area contributed by atoms with Gasteiger partial charge in [0, 0.05) is 28.7 Å². The van der Waals surface area contributed by atoms with E-state index in [1.54, 1.807) is 6.26 Å². The second kappa shape index (κ2) is 8.17. The fraction of sp³-hybridized carbons (Fsp3) is 0.0303. The molecule has 0 atom stereocenters. The summed E-state index contributed by atoms with van der Waals surface area (Å²) in [6.07, 6.45) is 5.50. The normalized spacial score (nSPS) is 11.5. The van der Waals surface area contributed by atoms with Crippen LogP contribution in [0.1, 0.15) is 5.56 Å². The average molecular weight is 463 g/mol. The van der Waals surface area contributed by atoms with E-state index in [4.69, 9.17) is 9.40 Å². The molecule has 36 heavy (non-hydrogen) atoms. The molecule has 4 aromatic carbocycles. The Hall–Kier alpha value is -4.76. The van der Waals surface area contributed by atoms with Gasteiger partial charge in [-0.15, -0.1) is 0 Å². The first-order valence-corrected chi connectivity index (χ1v) is 12.1. The predicted molar refractivity (Wildman–Crippen MR) is 148 cm³/mol. The molecule has 0 unspecified atom stereocenters. The van der Waals surface area contributed by atoms with Crippen LogP contribution in [0.2, 0.25) is 0 Å². The molecule has 0 aliphatic heterocycles. The van der Waals surface area contributed by atoms with Crippen LogP contribution in [0.4, 0.5) is 0 Å². The zero-order valence-corrected chi connectivity index (χ0v) is 19.8. The minimum atomic E-state index is 0.814. The Kier molecular flexibility index (Phi) is 4.68. The quantitative estimate of drug-likeness (QED) is 0.263. The molecule has 170 valence electrons. The van der Waals surface area contributed by atoms with Crippen LogP contribution < -0.4 is 0 Å². The van der Waals surface area contributed by atoms with Gasteiger partial charge >= 0.3 is 0 Å².